The van der Waals surface area contributed by atoms with Crippen LogP contribution in [-0.4, -0.2) is 25.7 Å². The van der Waals surface area contributed by atoms with Crippen molar-refractivity contribution >= 4 is 5.91 Å². The molecule has 0 spiro atoms. The summed E-state index contributed by atoms with van der Waals surface area (Å²) in [5.41, 5.74) is 0. The van der Waals surface area contributed by atoms with Crippen molar-refractivity contribution < 1.29 is 9.53 Å². The Morgan fingerprint density at radius 1 is 1.80 bits per heavy atom. The van der Waals surface area contributed by atoms with Crippen LogP contribution in [0.1, 0.15) is 6.92 Å². The molecular weight excluding hydrogens is 130 g/mol. The second-order valence-corrected chi connectivity index (χ2v) is 1.74. The number of carbonyl (C=O) groups excluding carboxylic acids is 1. The molecule has 56 valence electrons. The van der Waals surface area contributed by atoms with Gasteiger partial charge in [-0.25, -0.2) is 0 Å². The van der Waals surface area contributed by atoms with E-state index in [1.165, 1.54) is 6.92 Å². The average molecular weight is 141 g/mol. The van der Waals surface area contributed by atoms with Crippen LogP contribution in [0.2, 0.25) is 0 Å². The van der Waals surface area contributed by atoms with E-state index in [0.29, 0.717) is 19.8 Å². The number of nitrogens with one attached hydrogen (secondary N) is 1. The van der Waals surface area contributed by atoms with E-state index in [2.05, 4.69) is 11.2 Å². The van der Waals surface area contributed by atoms with Crippen LogP contribution < -0.4 is 5.32 Å². The quantitative estimate of drug-likeness (QED) is 0.434. The smallest absolute Gasteiger partial charge is 0.216 e. The zero-order chi connectivity index (χ0) is 7.82. The van der Waals surface area contributed by atoms with E-state index in [4.69, 9.17) is 11.2 Å². The topological polar surface area (TPSA) is 38.3 Å². The largest absolute Gasteiger partial charge is 0.367 e. The van der Waals surface area contributed by atoms with E-state index >= 15 is 0 Å². The molecule has 0 heterocycles. The van der Waals surface area contributed by atoms with Gasteiger partial charge in [0.1, 0.15) is 6.61 Å². The summed E-state index contributed by atoms with van der Waals surface area (Å²) in [6, 6.07) is 0. The van der Waals surface area contributed by atoms with Gasteiger partial charge in [-0.1, -0.05) is 5.92 Å². The van der Waals surface area contributed by atoms with Crippen LogP contribution >= 0.6 is 0 Å². The van der Waals surface area contributed by atoms with Gasteiger partial charge >= 0.3 is 0 Å². The predicted octanol–water partition coefficient (Wildman–Crippen LogP) is -0.228. The molecule has 0 aromatic carbocycles. The number of hydrogen-bond acceptors (Lipinski definition) is 2. The molecule has 3 heteroatoms. The van der Waals surface area contributed by atoms with Gasteiger partial charge in [0.2, 0.25) is 5.91 Å². The Balaban J connectivity index is 2.92. The van der Waals surface area contributed by atoms with Crippen LogP contribution in [0.25, 0.3) is 0 Å². The molecule has 0 radical (unpaired) electrons. The molecule has 3 nitrogen and oxygen atoms in total. The molecule has 0 aliphatic rings. The summed E-state index contributed by atoms with van der Waals surface area (Å²) in [7, 11) is 0. The van der Waals surface area contributed by atoms with E-state index in [9.17, 15) is 4.79 Å². The molecular formula is C7H11NO2. The molecule has 0 fully saturated rings. The van der Waals surface area contributed by atoms with Crippen molar-refractivity contribution in [1.82, 2.24) is 5.32 Å². The van der Waals surface area contributed by atoms with Crippen LogP contribution in [0.15, 0.2) is 0 Å². The number of amides is 1. The van der Waals surface area contributed by atoms with E-state index < -0.39 is 0 Å². The Bertz CT molecular complexity index is 137. The lowest BCUT2D eigenvalue weighted by Gasteiger charge is -1.99. The molecule has 10 heavy (non-hydrogen) atoms. The minimum absolute atomic E-state index is 0.0516. The Kier molecular flexibility index (Phi) is 5.50. The number of terminal acetylenes is 1. The standard InChI is InChI=1S/C7H11NO2/c1-3-5-10-6-4-8-7(2)9/h1H,4-6H2,2H3,(H,8,9). The highest BCUT2D eigenvalue weighted by Gasteiger charge is 1.88. The van der Waals surface area contributed by atoms with Gasteiger partial charge in [-0.3, -0.25) is 4.79 Å². The first-order chi connectivity index (χ1) is 4.77. The first kappa shape index (κ1) is 8.99. The van der Waals surface area contributed by atoms with Gasteiger partial charge in [-0.2, -0.15) is 0 Å². The summed E-state index contributed by atoms with van der Waals surface area (Å²) in [6.07, 6.45) is 4.91. The number of carbonyl (C=O) groups is 1. The van der Waals surface area contributed by atoms with Gasteiger partial charge < -0.3 is 10.1 Å². The molecule has 0 aliphatic carbocycles. The molecule has 0 rings (SSSR count). The molecule has 0 aliphatic heterocycles. The minimum atomic E-state index is -0.0516. The summed E-state index contributed by atoms with van der Waals surface area (Å²) in [4.78, 5) is 10.3. The molecule has 0 atom stereocenters. The van der Waals surface area contributed by atoms with E-state index in [0.717, 1.165) is 0 Å². The Labute approximate surface area is 60.8 Å². The maximum Gasteiger partial charge on any atom is 0.216 e. The number of hydrogen-bond donors (Lipinski definition) is 1. The normalized spacial score (nSPS) is 8.40. The second kappa shape index (κ2) is 6.12. The summed E-state index contributed by atoms with van der Waals surface area (Å²) in [5, 5.41) is 2.57. The van der Waals surface area contributed by atoms with Crippen molar-refractivity contribution in [3.05, 3.63) is 0 Å². The van der Waals surface area contributed by atoms with Crippen molar-refractivity contribution in [3.63, 3.8) is 0 Å². The Morgan fingerprint density at radius 3 is 3.00 bits per heavy atom. The third-order valence-electron chi connectivity index (χ3n) is 0.806. The summed E-state index contributed by atoms with van der Waals surface area (Å²) in [6.45, 7) is 2.77. The fourth-order valence-electron chi connectivity index (χ4n) is 0.430. The molecule has 0 unspecified atom stereocenters. The lowest BCUT2D eigenvalue weighted by Crippen LogP contribution is -2.24. The van der Waals surface area contributed by atoms with Crippen LogP contribution in [-0.2, 0) is 9.53 Å². The van der Waals surface area contributed by atoms with Gasteiger partial charge in [0.05, 0.1) is 6.61 Å². The highest BCUT2D eigenvalue weighted by molar-refractivity contribution is 5.72. The van der Waals surface area contributed by atoms with Crippen LogP contribution in [0, 0.1) is 12.3 Å². The van der Waals surface area contributed by atoms with Gasteiger partial charge in [0, 0.05) is 13.5 Å². The lowest BCUT2D eigenvalue weighted by molar-refractivity contribution is -0.119. The monoisotopic (exact) mass is 141 g/mol. The van der Waals surface area contributed by atoms with Crippen molar-refractivity contribution in [2.24, 2.45) is 0 Å². The highest BCUT2D eigenvalue weighted by Crippen LogP contribution is 1.70. The van der Waals surface area contributed by atoms with Crippen LogP contribution in [0.3, 0.4) is 0 Å². The fourth-order valence-corrected chi connectivity index (χ4v) is 0.430. The first-order valence-electron chi connectivity index (χ1n) is 3.03. The van der Waals surface area contributed by atoms with Crippen LogP contribution in [0.4, 0.5) is 0 Å². The van der Waals surface area contributed by atoms with Gasteiger partial charge in [0.25, 0.3) is 0 Å². The second-order valence-electron chi connectivity index (χ2n) is 1.74. The van der Waals surface area contributed by atoms with Gasteiger partial charge in [-0.05, 0) is 0 Å². The minimum Gasteiger partial charge on any atom is -0.367 e. The average Bonchev–Trinajstić information content (AvgIpc) is 1.87. The van der Waals surface area contributed by atoms with Crippen molar-refractivity contribution in [3.8, 4) is 12.3 Å². The van der Waals surface area contributed by atoms with Gasteiger partial charge in [-0.15, -0.1) is 6.42 Å². The van der Waals surface area contributed by atoms with Crippen molar-refractivity contribution in [2.75, 3.05) is 19.8 Å². The predicted molar refractivity (Wildman–Crippen MR) is 38.3 cm³/mol. The van der Waals surface area contributed by atoms with Crippen molar-refractivity contribution in [2.45, 2.75) is 6.92 Å². The summed E-state index contributed by atoms with van der Waals surface area (Å²) >= 11 is 0. The highest BCUT2D eigenvalue weighted by atomic mass is 16.5. The summed E-state index contributed by atoms with van der Waals surface area (Å²) < 4.78 is 4.88. The maximum absolute atomic E-state index is 10.3. The lowest BCUT2D eigenvalue weighted by atomic mass is 10.6. The molecule has 0 aromatic heterocycles. The first-order valence-corrected chi connectivity index (χ1v) is 3.03. The SMILES string of the molecule is C#CCOCCNC(C)=O. The third-order valence-corrected chi connectivity index (χ3v) is 0.806. The molecule has 1 N–H and O–H groups in total. The zero-order valence-electron chi connectivity index (χ0n) is 6.02. The molecule has 0 bridgehead atoms. The molecule has 0 saturated carbocycles. The van der Waals surface area contributed by atoms with E-state index in [-0.39, 0.29) is 5.91 Å². The molecule has 0 saturated heterocycles. The van der Waals surface area contributed by atoms with Crippen LogP contribution in [0.5, 0.6) is 0 Å². The van der Waals surface area contributed by atoms with E-state index in [1.54, 1.807) is 0 Å². The fraction of sp³-hybridized carbons (Fsp3) is 0.571. The Hall–Kier alpha value is -1.01. The maximum atomic E-state index is 10.3. The third kappa shape index (κ3) is 6.99. The van der Waals surface area contributed by atoms with E-state index in [1.807, 2.05) is 0 Å². The Morgan fingerprint density at radius 2 is 2.50 bits per heavy atom. The molecule has 1 amide bonds. The summed E-state index contributed by atoms with van der Waals surface area (Å²) in [5.74, 6) is 2.27. The number of rotatable bonds is 4. The van der Waals surface area contributed by atoms with Crippen molar-refractivity contribution in [1.29, 1.82) is 0 Å². The molecule has 0 aromatic rings. The van der Waals surface area contributed by atoms with Gasteiger partial charge in [0.15, 0.2) is 0 Å². The zero-order valence-corrected chi connectivity index (χ0v) is 6.02. The number of ether oxygens (including phenoxy) is 1.